The first kappa shape index (κ1) is 12.1. The maximum Gasteiger partial charge on any atom is 0.267 e. The zero-order valence-electron chi connectivity index (χ0n) is 8.99. The van der Waals surface area contributed by atoms with E-state index in [1.165, 1.54) is 6.07 Å². The normalized spacial score (nSPS) is 9.81. The molecule has 0 aliphatic carbocycles. The Morgan fingerprint density at radius 2 is 2.19 bits per heavy atom. The van der Waals surface area contributed by atoms with Gasteiger partial charge in [0.2, 0.25) is 5.91 Å². The van der Waals surface area contributed by atoms with Crippen molar-refractivity contribution in [2.75, 3.05) is 13.6 Å². The minimum Gasteiger partial charge on any atom is -0.364 e. The van der Waals surface area contributed by atoms with Crippen molar-refractivity contribution in [1.29, 1.82) is 0 Å². The number of carbonyl (C=O) groups excluding carboxylic acids is 2. The van der Waals surface area contributed by atoms with Crippen LogP contribution >= 0.6 is 0 Å². The van der Waals surface area contributed by atoms with Gasteiger partial charge in [-0.15, -0.1) is 0 Å². The Kier molecular flexibility index (Phi) is 4.41. The summed E-state index contributed by atoms with van der Waals surface area (Å²) in [6, 6.07) is 4.92. The number of rotatable bonds is 5. The summed E-state index contributed by atoms with van der Waals surface area (Å²) in [6.45, 7) is 0.525. The molecule has 6 heteroatoms. The molecule has 16 heavy (non-hydrogen) atoms. The molecule has 0 atom stereocenters. The third-order valence-corrected chi connectivity index (χ3v) is 1.86. The Morgan fingerprint density at radius 3 is 2.81 bits per heavy atom. The van der Waals surface area contributed by atoms with Crippen LogP contribution in [0.25, 0.3) is 0 Å². The van der Waals surface area contributed by atoms with Crippen LogP contribution in [0.2, 0.25) is 0 Å². The third-order valence-electron chi connectivity index (χ3n) is 1.86. The molecular formula is C10H14N4O2. The van der Waals surface area contributed by atoms with E-state index in [9.17, 15) is 9.59 Å². The number of primary amides is 1. The first-order valence-electron chi connectivity index (χ1n) is 4.80. The molecule has 2 amide bonds. The van der Waals surface area contributed by atoms with Crippen molar-refractivity contribution in [3.05, 3.63) is 29.6 Å². The lowest BCUT2D eigenvalue weighted by atomic mass is 10.3. The lowest BCUT2D eigenvalue weighted by molar-refractivity contribution is -0.120. The van der Waals surface area contributed by atoms with Crippen molar-refractivity contribution < 1.29 is 9.59 Å². The summed E-state index contributed by atoms with van der Waals surface area (Å²) in [5, 5.41) is 5.38. The smallest absolute Gasteiger partial charge is 0.267 e. The molecule has 86 valence electrons. The van der Waals surface area contributed by atoms with E-state index in [1.807, 2.05) is 0 Å². The highest BCUT2D eigenvalue weighted by Gasteiger charge is 2.04. The molecule has 0 saturated heterocycles. The average molecular weight is 222 g/mol. The first-order valence-corrected chi connectivity index (χ1v) is 4.80. The second kappa shape index (κ2) is 5.82. The van der Waals surface area contributed by atoms with E-state index in [1.54, 1.807) is 19.2 Å². The highest BCUT2D eigenvalue weighted by atomic mass is 16.2. The molecule has 0 unspecified atom stereocenters. The number of aromatic nitrogens is 1. The van der Waals surface area contributed by atoms with Crippen molar-refractivity contribution in [2.24, 2.45) is 5.73 Å². The van der Waals surface area contributed by atoms with Gasteiger partial charge >= 0.3 is 0 Å². The maximum atomic E-state index is 11.1. The number of hydrogen-bond donors (Lipinski definition) is 3. The molecular weight excluding hydrogens is 208 g/mol. The van der Waals surface area contributed by atoms with Gasteiger partial charge in [0.15, 0.2) is 0 Å². The van der Waals surface area contributed by atoms with Gasteiger partial charge in [-0.2, -0.15) is 0 Å². The van der Waals surface area contributed by atoms with E-state index in [2.05, 4.69) is 15.6 Å². The molecule has 0 saturated carbocycles. The second-order valence-electron chi connectivity index (χ2n) is 3.19. The van der Waals surface area contributed by atoms with Crippen molar-refractivity contribution in [3.63, 3.8) is 0 Å². The summed E-state index contributed by atoms with van der Waals surface area (Å²) in [5.74, 6) is -0.711. The van der Waals surface area contributed by atoms with Gasteiger partial charge in [-0.3, -0.25) is 9.59 Å². The Bertz CT molecular complexity index is 392. The molecule has 1 aromatic rings. The number of nitrogens with one attached hydrogen (secondary N) is 2. The number of nitrogens with zero attached hydrogens (tertiary/aromatic N) is 1. The summed E-state index contributed by atoms with van der Waals surface area (Å²) in [4.78, 5) is 26.0. The maximum absolute atomic E-state index is 11.1. The molecule has 0 bridgehead atoms. The van der Waals surface area contributed by atoms with E-state index in [-0.39, 0.29) is 24.7 Å². The zero-order valence-corrected chi connectivity index (χ0v) is 8.99. The van der Waals surface area contributed by atoms with Gasteiger partial charge in [0.1, 0.15) is 5.69 Å². The van der Waals surface area contributed by atoms with Gasteiger partial charge in [-0.25, -0.2) is 4.98 Å². The van der Waals surface area contributed by atoms with Crippen LogP contribution < -0.4 is 16.4 Å². The Morgan fingerprint density at radius 1 is 1.44 bits per heavy atom. The molecule has 0 fully saturated rings. The molecule has 0 aliphatic heterocycles. The number of pyridine rings is 1. The predicted molar refractivity (Wildman–Crippen MR) is 58.5 cm³/mol. The lowest BCUT2D eigenvalue weighted by Crippen LogP contribution is -2.32. The van der Waals surface area contributed by atoms with Gasteiger partial charge < -0.3 is 16.4 Å². The topological polar surface area (TPSA) is 97.1 Å². The average Bonchev–Trinajstić information content (AvgIpc) is 2.27. The van der Waals surface area contributed by atoms with Crippen LogP contribution in [-0.2, 0) is 11.3 Å². The lowest BCUT2D eigenvalue weighted by Gasteiger charge is -2.04. The second-order valence-corrected chi connectivity index (χ2v) is 3.19. The Balaban J connectivity index is 2.57. The van der Waals surface area contributed by atoms with Crippen LogP contribution in [0.15, 0.2) is 18.2 Å². The van der Waals surface area contributed by atoms with E-state index >= 15 is 0 Å². The summed E-state index contributed by atoms with van der Waals surface area (Å²) >= 11 is 0. The molecule has 0 radical (unpaired) electrons. The molecule has 1 rings (SSSR count). The molecule has 6 nitrogen and oxygen atoms in total. The number of nitrogens with two attached hydrogens (primary N) is 1. The van der Waals surface area contributed by atoms with Crippen molar-refractivity contribution >= 4 is 11.8 Å². The van der Waals surface area contributed by atoms with Gasteiger partial charge in [0.05, 0.1) is 18.8 Å². The van der Waals surface area contributed by atoms with E-state index in [0.717, 1.165) is 0 Å². The molecule has 4 N–H and O–H groups in total. The van der Waals surface area contributed by atoms with Crippen molar-refractivity contribution in [2.45, 2.75) is 6.54 Å². The van der Waals surface area contributed by atoms with Crippen molar-refractivity contribution in [1.82, 2.24) is 15.6 Å². The van der Waals surface area contributed by atoms with Crippen LogP contribution in [-0.4, -0.2) is 30.4 Å². The fourth-order valence-electron chi connectivity index (χ4n) is 1.13. The molecule has 1 heterocycles. The van der Waals surface area contributed by atoms with Gasteiger partial charge in [-0.05, 0) is 19.2 Å². The minimum absolute atomic E-state index is 0.131. The predicted octanol–water partition coefficient (Wildman–Crippen LogP) is -0.984. The monoisotopic (exact) mass is 222 g/mol. The zero-order chi connectivity index (χ0) is 12.0. The standard InChI is InChI=1S/C10H14N4O2/c1-12-6-9(15)13-5-7-3-2-4-8(14-7)10(11)16/h2-4,12H,5-6H2,1H3,(H2,11,16)(H,13,15). The number of likely N-dealkylation sites (N-methyl/N-ethyl adjacent to an activating group) is 1. The van der Waals surface area contributed by atoms with Crippen LogP contribution in [0.3, 0.4) is 0 Å². The molecule has 0 spiro atoms. The SMILES string of the molecule is CNCC(=O)NCc1cccc(C(N)=O)n1. The fourth-order valence-corrected chi connectivity index (χ4v) is 1.13. The van der Waals surface area contributed by atoms with E-state index in [0.29, 0.717) is 5.69 Å². The van der Waals surface area contributed by atoms with Crippen LogP contribution in [0.1, 0.15) is 16.2 Å². The summed E-state index contributed by atoms with van der Waals surface area (Å²) in [6.07, 6.45) is 0. The summed E-state index contributed by atoms with van der Waals surface area (Å²) in [5.41, 5.74) is 5.88. The van der Waals surface area contributed by atoms with Gasteiger partial charge in [-0.1, -0.05) is 6.07 Å². The molecule has 0 aromatic carbocycles. The van der Waals surface area contributed by atoms with Crippen LogP contribution in [0.4, 0.5) is 0 Å². The molecule has 0 aliphatic rings. The van der Waals surface area contributed by atoms with E-state index < -0.39 is 5.91 Å². The largest absolute Gasteiger partial charge is 0.364 e. The highest BCUT2D eigenvalue weighted by Crippen LogP contribution is 1.98. The van der Waals surface area contributed by atoms with E-state index in [4.69, 9.17) is 5.73 Å². The Hall–Kier alpha value is -1.95. The highest BCUT2D eigenvalue weighted by molar-refractivity contribution is 5.90. The van der Waals surface area contributed by atoms with Crippen LogP contribution in [0.5, 0.6) is 0 Å². The van der Waals surface area contributed by atoms with Crippen molar-refractivity contribution in [3.8, 4) is 0 Å². The summed E-state index contributed by atoms with van der Waals surface area (Å²) < 4.78 is 0. The van der Waals surface area contributed by atoms with Gasteiger partial charge in [0, 0.05) is 0 Å². The quantitative estimate of drug-likeness (QED) is 0.596. The molecule has 1 aromatic heterocycles. The third kappa shape index (κ3) is 3.66. The number of carbonyl (C=O) groups is 2. The van der Waals surface area contributed by atoms with Crippen LogP contribution in [0, 0.1) is 0 Å². The summed E-state index contributed by atoms with van der Waals surface area (Å²) in [7, 11) is 1.69. The number of hydrogen-bond acceptors (Lipinski definition) is 4. The Labute approximate surface area is 93.2 Å². The first-order chi connectivity index (χ1) is 7.63. The number of amides is 2. The minimum atomic E-state index is -0.580. The van der Waals surface area contributed by atoms with Gasteiger partial charge in [0.25, 0.3) is 5.91 Å². The fraction of sp³-hybridized carbons (Fsp3) is 0.300.